The molecule has 3 aliphatic heterocycles. The van der Waals surface area contributed by atoms with Crippen LogP contribution in [0.4, 0.5) is 5.69 Å². The van der Waals surface area contributed by atoms with E-state index in [9.17, 15) is 4.79 Å². The number of benzene rings is 1. The van der Waals surface area contributed by atoms with Crippen LogP contribution in [0, 0.1) is 11.3 Å². The molecule has 3 heterocycles. The van der Waals surface area contributed by atoms with Gasteiger partial charge in [0.25, 0.3) is 0 Å². The van der Waals surface area contributed by atoms with Gasteiger partial charge in [0.05, 0.1) is 19.3 Å². The van der Waals surface area contributed by atoms with Gasteiger partial charge in [-0.1, -0.05) is 31.0 Å². The largest absolute Gasteiger partial charge is 0.378 e. The lowest BCUT2D eigenvalue weighted by atomic mass is 9.70. The summed E-state index contributed by atoms with van der Waals surface area (Å²) in [5.74, 6) is 0.647. The van der Waals surface area contributed by atoms with Crippen LogP contribution in [-0.4, -0.2) is 49.7 Å². The fourth-order valence-electron chi connectivity index (χ4n) is 5.53. The quantitative estimate of drug-likeness (QED) is 0.817. The van der Waals surface area contributed by atoms with Crippen LogP contribution in [0.2, 0.25) is 0 Å². The van der Waals surface area contributed by atoms with Gasteiger partial charge in [0.1, 0.15) is 0 Å². The third-order valence-corrected chi connectivity index (χ3v) is 7.31. The highest BCUT2D eigenvalue weighted by atomic mass is 16.5. The molecule has 0 aromatic heterocycles. The molecule has 4 aliphatic rings. The molecule has 4 heteroatoms. The first-order valence-corrected chi connectivity index (χ1v) is 10.5. The summed E-state index contributed by atoms with van der Waals surface area (Å²) in [7, 11) is 0. The van der Waals surface area contributed by atoms with Gasteiger partial charge in [-0.25, -0.2) is 0 Å². The van der Waals surface area contributed by atoms with Crippen molar-refractivity contribution in [2.45, 2.75) is 51.0 Å². The van der Waals surface area contributed by atoms with E-state index < -0.39 is 0 Å². The molecule has 1 amide bonds. The zero-order valence-electron chi connectivity index (χ0n) is 15.7. The minimum Gasteiger partial charge on any atom is -0.378 e. The maximum Gasteiger partial charge on any atom is 0.230 e. The Morgan fingerprint density at radius 3 is 2.50 bits per heavy atom. The molecule has 4 nitrogen and oxygen atoms in total. The van der Waals surface area contributed by atoms with Gasteiger partial charge in [0, 0.05) is 18.2 Å². The van der Waals surface area contributed by atoms with Crippen molar-refractivity contribution in [1.82, 2.24) is 4.90 Å². The average Bonchev–Trinajstić information content (AvgIpc) is 3.16. The second-order valence-corrected chi connectivity index (χ2v) is 8.94. The predicted octanol–water partition coefficient (Wildman–Crippen LogP) is 3.25. The number of nitrogens with zero attached hydrogens (tertiary/aromatic N) is 2. The summed E-state index contributed by atoms with van der Waals surface area (Å²) >= 11 is 0. The molecule has 0 unspecified atom stereocenters. The van der Waals surface area contributed by atoms with E-state index in [-0.39, 0.29) is 11.3 Å². The van der Waals surface area contributed by atoms with E-state index >= 15 is 0 Å². The Hall–Kier alpha value is -1.39. The van der Waals surface area contributed by atoms with Gasteiger partial charge in [0.15, 0.2) is 0 Å². The number of rotatable bonds is 2. The number of amides is 1. The minimum absolute atomic E-state index is 0.255. The van der Waals surface area contributed by atoms with Crippen molar-refractivity contribution in [3.63, 3.8) is 0 Å². The van der Waals surface area contributed by atoms with E-state index in [2.05, 4.69) is 34.1 Å². The topological polar surface area (TPSA) is 32.8 Å². The van der Waals surface area contributed by atoms with Crippen LogP contribution < -0.4 is 4.90 Å². The lowest BCUT2D eigenvalue weighted by molar-refractivity contribution is -0.123. The summed E-state index contributed by atoms with van der Waals surface area (Å²) in [6, 6.07) is 9.27. The highest BCUT2D eigenvalue weighted by molar-refractivity contribution is 5.96. The molecular weight excluding hydrogens is 324 g/mol. The number of fused-ring (bicyclic) bond motifs is 1. The maximum atomic E-state index is 13.3. The third kappa shape index (κ3) is 2.87. The van der Waals surface area contributed by atoms with Gasteiger partial charge in [0.2, 0.25) is 5.91 Å². The number of likely N-dealkylation sites (tertiary alicyclic amines) is 1. The first-order chi connectivity index (χ1) is 12.7. The molecule has 1 aromatic rings. The molecule has 1 spiro atoms. The van der Waals surface area contributed by atoms with Crippen LogP contribution in [0.25, 0.3) is 0 Å². The number of hydrogen-bond acceptors (Lipinski definition) is 3. The summed E-state index contributed by atoms with van der Waals surface area (Å²) < 4.78 is 5.38. The number of ether oxygens (including phenoxy) is 1. The SMILES string of the molecule is O=C(C1CCCC1)N1CC2(CCN(C3COC3)CC2)Cc2ccccc21. The Morgan fingerprint density at radius 1 is 1.08 bits per heavy atom. The summed E-state index contributed by atoms with van der Waals surface area (Å²) in [6.07, 6.45) is 8.13. The fourth-order valence-corrected chi connectivity index (χ4v) is 5.53. The summed E-state index contributed by atoms with van der Waals surface area (Å²) in [6.45, 7) is 5.04. The van der Waals surface area contributed by atoms with Crippen molar-refractivity contribution in [1.29, 1.82) is 0 Å². The lowest BCUT2D eigenvalue weighted by Gasteiger charge is -2.50. The van der Waals surface area contributed by atoms with Gasteiger partial charge in [-0.05, 0) is 62.2 Å². The normalized spacial score (nSPS) is 26.7. The number of hydrogen-bond donors (Lipinski definition) is 0. The molecule has 1 saturated carbocycles. The van der Waals surface area contributed by atoms with Crippen LogP contribution in [0.1, 0.15) is 44.1 Å². The minimum atomic E-state index is 0.255. The summed E-state index contributed by atoms with van der Waals surface area (Å²) in [5.41, 5.74) is 2.83. The number of piperidine rings is 1. The van der Waals surface area contributed by atoms with Crippen molar-refractivity contribution in [2.24, 2.45) is 11.3 Å². The second-order valence-electron chi connectivity index (χ2n) is 8.94. The van der Waals surface area contributed by atoms with E-state index in [0.717, 1.165) is 52.1 Å². The van der Waals surface area contributed by atoms with Crippen LogP contribution in [-0.2, 0) is 16.0 Å². The Kier molecular flexibility index (Phi) is 4.29. The maximum absolute atomic E-state index is 13.3. The average molecular weight is 354 g/mol. The predicted molar refractivity (Wildman–Crippen MR) is 102 cm³/mol. The molecule has 0 N–H and O–H groups in total. The molecule has 3 fully saturated rings. The summed E-state index contributed by atoms with van der Waals surface area (Å²) in [5, 5.41) is 0. The molecule has 140 valence electrons. The number of anilines is 1. The highest BCUT2D eigenvalue weighted by Crippen LogP contribution is 2.44. The Balaban J connectivity index is 1.38. The van der Waals surface area contributed by atoms with E-state index in [1.54, 1.807) is 0 Å². The monoisotopic (exact) mass is 354 g/mol. The van der Waals surface area contributed by atoms with Crippen molar-refractivity contribution < 1.29 is 9.53 Å². The molecule has 0 radical (unpaired) electrons. The molecule has 0 bridgehead atoms. The highest BCUT2D eigenvalue weighted by Gasteiger charge is 2.44. The van der Waals surface area contributed by atoms with Gasteiger partial charge in [-0.3, -0.25) is 9.69 Å². The Morgan fingerprint density at radius 2 is 1.81 bits per heavy atom. The van der Waals surface area contributed by atoms with Gasteiger partial charge in [-0.2, -0.15) is 0 Å². The van der Waals surface area contributed by atoms with Crippen molar-refractivity contribution in [2.75, 3.05) is 37.7 Å². The van der Waals surface area contributed by atoms with E-state index in [1.165, 1.54) is 36.9 Å². The lowest BCUT2D eigenvalue weighted by Crippen LogP contribution is -2.57. The van der Waals surface area contributed by atoms with Gasteiger partial charge in [-0.15, -0.1) is 0 Å². The molecule has 5 rings (SSSR count). The standard InChI is InChI=1S/C22H30N2O2/c25-21(17-5-1-2-6-17)24-16-22(13-18-7-3-4-8-20(18)24)9-11-23(12-10-22)19-14-26-15-19/h3-4,7-8,17,19H,1-2,5-6,9-16H2. The number of carbonyl (C=O) groups is 1. The van der Waals surface area contributed by atoms with Crippen LogP contribution in [0.3, 0.4) is 0 Å². The molecule has 1 aromatic carbocycles. The fraction of sp³-hybridized carbons (Fsp3) is 0.682. The molecule has 0 atom stereocenters. The molecule has 1 aliphatic carbocycles. The van der Waals surface area contributed by atoms with Crippen LogP contribution in [0.5, 0.6) is 0 Å². The van der Waals surface area contributed by atoms with Gasteiger partial charge >= 0.3 is 0 Å². The first-order valence-electron chi connectivity index (χ1n) is 10.5. The zero-order valence-corrected chi connectivity index (χ0v) is 15.7. The van der Waals surface area contributed by atoms with Crippen LogP contribution in [0.15, 0.2) is 24.3 Å². The van der Waals surface area contributed by atoms with E-state index in [4.69, 9.17) is 4.74 Å². The molecular formula is C22H30N2O2. The Labute approximate surface area is 156 Å². The Bertz CT molecular complexity index is 670. The second kappa shape index (κ2) is 6.65. The van der Waals surface area contributed by atoms with Crippen LogP contribution >= 0.6 is 0 Å². The third-order valence-electron chi connectivity index (χ3n) is 7.31. The zero-order chi connectivity index (χ0) is 17.6. The molecule has 2 saturated heterocycles. The van der Waals surface area contributed by atoms with Crippen molar-refractivity contribution >= 4 is 11.6 Å². The first kappa shape index (κ1) is 16.8. The number of carbonyl (C=O) groups excluding carboxylic acids is 1. The van der Waals surface area contributed by atoms with E-state index in [0.29, 0.717) is 11.9 Å². The van der Waals surface area contributed by atoms with Crippen molar-refractivity contribution in [3.05, 3.63) is 29.8 Å². The number of para-hydroxylation sites is 1. The molecule has 26 heavy (non-hydrogen) atoms. The van der Waals surface area contributed by atoms with Gasteiger partial charge < -0.3 is 9.64 Å². The smallest absolute Gasteiger partial charge is 0.230 e. The van der Waals surface area contributed by atoms with E-state index in [1.807, 2.05) is 0 Å². The van der Waals surface area contributed by atoms with Crippen molar-refractivity contribution in [3.8, 4) is 0 Å². The summed E-state index contributed by atoms with van der Waals surface area (Å²) in [4.78, 5) is 18.1.